The molecule has 2 aromatic carbocycles. The molecule has 0 atom stereocenters. The SMILES string of the molecule is CCOc1ccc(C(=O)Nc2cccc(CO)c2)cc1OCC. The second kappa shape index (κ2) is 8.19. The molecule has 0 unspecified atom stereocenters. The zero-order valence-electron chi connectivity index (χ0n) is 13.3. The molecule has 0 bridgehead atoms. The van der Waals surface area contributed by atoms with Crippen molar-refractivity contribution in [2.24, 2.45) is 0 Å². The van der Waals surface area contributed by atoms with Gasteiger partial charge in [-0.15, -0.1) is 0 Å². The quantitative estimate of drug-likeness (QED) is 0.823. The average Bonchev–Trinajstić information content (AvgIpc) is 2.57. The first-order valence-electron chi connectivity index (χ1n) is 7.58. The molecular weight excluding hydrogens is 294 g/mol. The van der Waals surface area contributed by atoms with Crippen LogP contribution in [0.2, 0.25) is 0 Å². The predicted molar refractivity (Wildman–Crippen MR) is 89.1 cm³/mol. The molecule has 0 aliphatic carbocycles. The zero-order valence-corrected chi connectivity index (χ0v) is 13.3. The molecular formula is C18H21NO4. The van der Waals surface area contributed by atoms with E-state index < -0.39 is 0 Å². The number of benzene rings is 2. The first kappa shape index (κ1) is 16.8. The molecule has 0 saturated carbocycles. The van der Waals surface area contributed by atoms with Gasteiger partial charge in [-0.1, -0.05) is 12.1 Å². The van der Waals surface area contributed by atoms with Gasteiger partial charge in [-0.25, -0.2) is 0 Å². The summed E-state index contributed by atoms with van der Waals surface area (Å²) < 4.78 is 11.0. The summed E-state index contributed by atoms with van der Waals surface area (Å²) in [6.45, 7) is 4.72. The smallest absolute Gasteiger partial charge is 0.255 e. The minimum atomic E-state index is -0.246. The number of rotatable bonds is 7. The summed E-state index contributed by atoms with van der Waals surface area (Å²) in [7, 11) is 0. The number of hydrogen-bond donors (Lipinski definition) is 2. The van der Waals surface area contributed by atoms with Crippen LogP contribution in [0.3, 0.4) is 0 Å². The van der Waals surface area contributed by atoms with E-state index in [1.165, 1.54) is 0 Å². The maximum absolute atomic E-state index is 12.4. The van der Waals surface area contributed by atoms with Crippen molar-refractivity contribution in [3.05, 3.63) is 53.6 Å². The van der Waals surface area contributed by atoms with Crippen LogP contribution in [-0.4, -0.2) is 24.2 Å². The second-order valence-corrected chi connectivity index (χ2v) is 4.84. The highest BCUT2D eigenvalue weighted by molar-refractivity contribution is 6.04. The van der Waals surface area contributed by atoms with Crippen LogP contribution < -0.4 is 14.8 Å². The fraction of sp³-hybridized carbons (Fsp3) is 0.278. The number of nitrogens with one attached hydrogen (secondary N) is 1. The van der Waals surface area contributed by atoms with Gasteiger partial charge in [0, 0.05) is 11.3 Å². The summed E-state index contributed by atoms with van der Waals surface area (Å²) in [6, 6.07) is 12.2. The van der Waals surface area contributed by atoms with Gasteiger partial charge in [0.1, 0.15) is 0 Å². The molecule has 0 saturated heterocycles. The van der Waals surface area contributed by atoms with E-state index in [1.54, 1.807) is 42.5 Å². The first-order valence-corrected chi connectivity index (χ1v) is 7.58. The molecule has 23 heavy (non-hydrogen) atoms. The van der Waals surface area contributed by atoms with E-state index in [0.717, 1.165) is 5.56 Å². The fourth-order valence-corrected chi connectivity index (χ4v) is 2.14. The lowest BCUT2D eigenvalue weighted by atomic mass is 10.1. The molecule has 0 aliphatic heterocycles. The Hall–Kier alpha value is -2.53. The van der Waals surface area contributed by atoms with Crippen molar-refractivity contribution in [3.8, 4) is 11.5 Å². The summed E-state index contributed by atoms with van der Waals surface area (Å²) in [4.78, 5) is 12.4. The van der Waals surface area contributed by atoms with Crippen molar-refractivity contribution in [1.29, 1.82) is 0 Å². The minimum Gasteiger partial charge on any atom is -0.490 e. The van der Waals surface area contributed by atoms with Crippen LogP contribution in [0.4, 0.5) is 5.69 Å². The van der Waals surface area contributed by atoms with Crippen LogP contribution in [0.25, 0.3) is 0 Å². The number of carbonyl (C=O) groups excluding carboxylic acids is 1. The monoisotopic (exact) mass is 315 g/mol. The maximum Gasteiger partial charge on any atom is 0.255 e. The summed E-state index contributed by atoms with van der Waals surface area (Å²) in [6.07, 6.45) is 0. The highest BCUT2D eigenvalue weighted by Gasteiger charge is 2.12. The molecule has 5 nitrogen and oxygen atoms in total. The molecule has 0 fully saturated rings. The fourth-order valence-electron chi connectivity index (χ4n) is 2.14. The van der Waals surface area contributed by atoms with E-state index in [0.29, 0.717) is 36.0 Å². The molecule has 2 rings (SSSR count). The van der Waals surface area contributed by atoms with E-state index in [2.05, 4.69) is 5.32 Å². The average molecular weight is 315 g/mol. The van der Waals surface area contributed by atoms with Crippen LogP contribution in [0.15, 0.2) is 42.5 Å². The third kappa shape index (κ3) is 4.47. The van der Waals surface area contributed by atoms with Crippen LogP contribution in [0.1, 0.15) is 29.8 Å². The van der Waals surface area contributed by atoms with Gasteiger partial charge in [0.05, 0.1) is 19.8 Å². The predicted octanol–water partition coefficient (Wildman–Crippen LogP) is 3.23. The Bertz CT molecular complexity index is 670. The van der Waals surface area contributed by atoms with Crippen LogP contribution in [0.5, 0.6) is 11.5 Å². The first-order chi connectivity index (χ1) is 11.2. The molecule has 122 valence electrons. The highest BCUT2D eigenvalue weighted by atomic mass is 16.5. The molecule has 2 N–H and O–H groups in total. The lowest BCUT2D eigenvalue weighted by Crippen LogP contribution is -2.12. The Morgan fingerprint density at radius 1 is 1.04 bits per heavy atom. The van der Waals surface area contributed by atoms with Gasteiger partial charge in [0.25, 0.3) is 5.91 Å². The molecule has 0 heterocycles. The molecule has 0 spiro atoms. The summed E-state index contributed by atoms with van der Waals surface area (Å²) in [5.41, 5.74) is 1.85. The largest absolute Gasteiger partial charge is 0.490 e. The van der Waals surface area contributed by atoms with Gasteiger partial charge < -0.3 is 19.9 Å². The van der Waals surface area contributed by atoms with Gasteiger partial charge in [-0.05, 0) is 49.7 Å². The summed E-state index contributed by atoms with van der Waals surface area (Å²) >= 11 is 0. The van der Waals surface area contributed by atoms with Crippen molar-refractivity contribution in [1.82, 2.24) is 0 Å². The van der Waals surface area contributed by atoms with Gasteiger partial charge in [-0.2, -0.15) is 0 Å². The van der Waals surface area contributed by atoms with Gasteiger partial charge in [0.2, 0.25) is 0 Å². The Labute approximate surface area is 135 Å². The Morgan fingerprint density at radius 3 is 2.48 bits per heavy atom. The number of aliphatic hydroxyl groups is 1. The second-order valence-electron chi connectivity index (χ2n) is 4.84. The van der Waals surface area contributed by atoms with Crippen molar-refractivity contribution in [2.75, 3.05) is 18.5 Å². The third-order valence-electron chi connectivity index (χ3n) is 3.17. The number of hydrogen-bond acceptors (Lipinski definition) is 4. The molecule has 0 aromatic heterocycles. The van der Waals surface area contributed by atoms with E-state index in [1.807, 2.05) is 13.8 Å². The zero-order chi connectivity index (χ0) is 16.7. The van der Waals surface area contributed by atoms with E-state index in [-0.39, 0.29) is 12.5 Å². The van der Waals surface area contributed by atoms with E-state index >= 15 is 0 Å². The van der Waals surface area contributed by atoms with E-state index in [4.69, 9.17) is 14.6 Å². The van der Waals surface area contributed by atoms with E-state index in [9.17, 15) is 4.79 Å². The van der Waals surface area contributed by atoms with Gasteiger partial charge >= 0.3 is 0 Å². The molecule has 1 amide bonds. The number of ether oxygens (including phenoxy) is 2. The lowest BCUT2D eigenvalue weighted by Gasteiger charge is -2.12. The minimum absolute atomic E-state index is 0.0682. The Morgan fingerprint density at radius 2 is 1.78 bits per heavy atom. The van der Waals surface area contributed by atoms with Gasteiger partial charge in [0.15, 0.2) is 11.5 Å². The van der Waals surface area contributed by atoms with Crippen molar-refractivity contribution >= 4 is 11.6 Å². The van der Waals surface area contributed by atoms with Crippen molar-refractivity contribution in [2.45, 2.75) is 20.5 Å². The lowest BCUT2D eigenvalue weighted by molar-refractivity contribution is 0.102. The van der Waals surface area contributed by atoms with Crippen LogP contribution in [0, 0.1) is 0 Å². The van der Waals surface area contributed by atoms with Crippen LogP contribution in [-0.2, 0) is 6.61 Å². The highest BCUT2D eigenvalue weighted by Crippen LogP contribution is 2.29. The molecule has 5 heteroatoms. The third-order valence-corrected chi connectivity index (χ3v) is 3.17. The normalized spacial score (nSPS) is 10.2. The maximum atomic E-state index is 12.4. The number of anilines is 1. The van der Waals surface area contributed by atoms with Crippen molar-refractivity contribution in [3.63, 3.8) is 0 Å². The standard InChI is InChI=1S/C18H21NO4/c1-3-22-16-9-8-14(11-17(16)23-4-2)18(21)19-15-7-5-6-13(10-15)12-20/h5-11,20H,3-4,12H2,1-2H3,(H,19,21). The molecule has 0 radical (unpaired) electrons. The number of amides is 1. The number of aliphatic hydroxyl groups excluding tert-OH is 1. The van der Waals surface area contributed by atoms with Crippen LogP contribution >= 0.6 is 0 Å². The molecule has 0 aliphatic rings. The Kier molecular flexibility index (Phi) is 6.00. The Balaban J connectivity index is 2.19. The molecule has 2 aromatic rings. The van der Waals surface area contributed by atoms with Crippen molar-refractivity contribution < 1.29 is 19.4 Å². The summed E-state index contributed by atoms with van der Waals surface area (Å²) in [5, 5.41) is 12.0. The number of carbonyl (C=O) groups is 1. The topological polar surface area (TPSA) is 67.8 Å². The van der Waals surface area contributed by atoms with Gasteiger partial charge in [-0.3, -0.25) is 4.79 Å². The summed E-state index contributed by atoms with van der Waals surface area (Å²) in [5.74, 6) is 0.920.